The third kappa shape index (κ3) is 7.78. The first-order valence-corrected chi connectivity index (χ1v) is 8.32. The molecule has 3 atom stereocenters. The summed E-state index contributed by atoms with van der Waals surface area (Å²) in [5.74, 6) is -0.729. The normalized spacial score (nSPS) is 15.5. The Morgan fingerprint density at radius 2 is 1.64 bits per heavy atom. The average molecular weight is 315 g/mol. The van der Waals surface area contributed by atoms with Crippen molar-refractivity contribution in [2.75, 3.05) is 13.2 Å². The summed E-state index contributed by atoms with van der Waals surface area (Å²) in [6, 6.07) is 0.708. The summed E-state index contributed by atoms with van der Waals surface area (Å²) in [5, 5.41) is 0. The van der Waals surface area contributed by atoms with Crippen molar-refractivity contribution >= 4 is 11.9 Å². The maximum Gasteiger partial charge on any atom is 0.309 e. The summed E-state index contributed by atoms with van der Waals surface area (Å²) >= 11 is 0. The van der Waals surface area contributed by atoms with Crippen molar-refractivity contribution in [3.63, 3.8) is 0 Å². The van der Waals surface area contributed by atoms with E-state index in [1.54, 1.807) is 0 Å². The number of nitrogens with zero attached hydrogens (tertiary/aromatic N) is 1. The molecule has 0 aliphatic carbocycles. The number of hydrogen-bond donors (Lipinski definition) is 0. The van der Waals surface area contributed by atoms with Crippen LogP contribution in [0, 0.1) is 5.92 Å². The van der Waals surface area contributed by atoms with Crippen molar-refractivity contribution in [2.24, 2.45) is 5.92 Å². The third-order valence-corrected chi connectivity index (χ3v) is 4.00. The Hall–Kier alpha value is -1.10. The molecule has 0 heterocycles. The molecule has 0 saturated heterocycles. The zero-order chi connectivity index (χ0) is 17.3. The quantitative estimate of drug-likeness (QED) is 0.580. The molecule has 5 heteroatoms. The molecule has 0 aliphatic rings. The zero-order valence-corrected chi connectivity index (χ0v) is 15.2. The van der Waals surface area contributed by atoms with Crippen LogP contribution in [0.2, 0.25) is 0 Å². The van der Waals surface area contributed by atoms with E-state index in [9.17, 15) is 9.59 Å². The van der Waals surface area contributed by atoms with E-state index < -0.39 is 6.10 Å². The Labute approximate surface area is 135 Å². The molecular formula is C17H33NO4. The minimum atomic E-state index is -0.429. The highest BCUT2D eigenvalue weighted by Gasteiger charge is 2.25. The second kappa shape index (κ2) is 10.6. The molecule has 130 valence electrons. The van der Waals surface area contributed by atoms with Gasteiger partial charge in [-0.05, 0) is 33.6 Å². The van der Waals surface area contributed by atoms with Crippen LogP contribution in [0.1, 0.15) is 61.3 Å². The van der Waals surface area contributed by atoms with Gasteiger partial charge in [-0.15, -0.1) is 0 Å². The molecule has 0 fully saturated rings. The van der Waals surface area contributed by atoms with Crippen molar-refractivity contribution in [1.29, 1.82) is 0 Å². The fourth-order valence-corrected chi connectivity index (χ4v) is 2.15. The van der Waals surface area contributed by atoms with Gasteiger partial charge in [0, 0.05) is 25.6 Å². The number of esters is 2. The first-order valence-electron chi connectivity index (χ1n) is 8.32. The lowest BCUT2D eigenvalue weighted by atomic mass is 10.1. The fourth-order valence-electron chi connectivity index (χ4n) is 2.15. The monoisotopic (exact) mass is 315 g/mol. The van der Waals surface area contributed by atoms with Crippen molar-refractivity contribution in [3.8, 4) is 0 Å². The van der Waals surface area contributed by atoms with E-state index in [0.717, 1.165) is 12.8 Å². The minimum absolute atomic E-state index is 0.108. The molecule has 0 rings (SSSR count). The second-order valence-corrected chi connectivity index (χ2v) is 6.22. The van der Waals surface area contributed by atoms with Crippen LogP contribution >= 0.6 is 0 Å². The Morgan fingerprint density at radius 3 is 2.05 bits per heavy atom. The number of hydrogen-bond acceptors (Lipinski definition) is 5. The highest BCUT2D eigenvalue weighted by Crippen LogP contribution is 2.13. The summed E-state index contributed by atoms with van der Waals surface area (Å²) in [5.41, 5.74) is 0. The van der Waals surface area contributed by atoms with E-state index in [1.165, 1.54) is 6.92 Å². The van der Waals surface area contributed by atoms with Crippen molar-refractivity contribution in [2.45, 2.75) is 79.5 Å². The molecule has 5 nitrogen and oxygen atoms in total. The van der Waals surface area contributed by atoms with Crippen LogP contribution in [-0.2, 0) is 19.1 Å². The molecule has 0 aliphatic heterocycles. The van der Waals surface area contributed by atoms with Crippen LogP contribution in [0.3, 0.4) is 0 Å². The molecule has 22 heavy (non-hydrogen) atoms. The largest absolute Gasteiger partial charge is 0.462 e. The highest BCUT2D eigenvalue weighted by atomic mass is 16.6. The maximum absolute atomic E-state index is 12.0. The Morgan fingerprint density at radius 1 is 1.05 bits per heavy atom. The van der Waals surface area contributed by atoms with Crippen LogP contribution in [0.25, 0.3) is 0 Å². The van der Waals surface area contributed by atoms with E-state index in [4.69, 9.17) is 9.47 Å². The van der Waals surface area contributed by atoms with Crippen LogP contribution in [0.4, 0.5) is 0 Å². The molecule has 3 unspecified atom stereocenters. The lowest BCUT2D eigenvalue weighted by molar-refractivity contribution is -0.163. The van der Waals surface area contributed by atoms with Crippen molar-refractivity contribution < 1.29 is 19.1 Å². The molecular weight excluding hydrogens is 282 g/mol. The Balaban J connectivity index is 4.88. The molecule has 0 spiro atoms. The lowest BCUT2D eigenvalue weighted by Gasteiger charge is -2.35. The smallest absolute Gasteiger partial charge is 0.309 e. The van der Waals surface area contributed by atoms with Crippen LogP contribution in [0.15, 0.2) is 0 Å². The van der Waals surface area contributed by atoms with Crippen LogP contribution < -0.4 is 0 Å². The van der Waals surface area contributed by atoms with Gasteiger partial charge < -0.3 is 9.47 Å². The highest BCUT2D eigenvalue weighted by molar-refractivity contribution is 5.72. The van der Waals surface area contributed by atoms with Gasteiger partial charge in [0.1, 0.15) is 12.7 Å². The van der Waals surface area contributed by atoms with E-state index in [-0.39, 0.29) is 24.5 Å². The van der Waals surface area contributed by atoms with Crippen molar-refractivity contribution in [1.82, 2.24) is 4.90 Å². The predicted octanol–water partition coefficient (Wildman–Crippen LogP) is 3.02. The van der Waals surface area contributed by atoms with Crippen LogP contribution in [-0.4, -0.2) is 48.2 Å². The van der Waals surface area contributed by atoms with E-state index in [0.29, 0.717) is 18.6 Å². The van der Waals surface area contributed by atoms with Gasteiger partial charge in [0.2, 0.25) is 0 Å². The zero-order valence-electron chi connectivity index (χ0n) is 15.2. The molecule has 0 radical (unpaired) electrons. The molecule has 0 bridgehead atoms. The van der Waals surface area contributed by atoms with E-state index >= 15 is 0 Å². The Bertz CT molecular complexity index is 344. The molecule has 0 aromatic rings. The van der Waals surface area contributed by atoms with Crippen LogP contribution in [0.5, 0.6) is 0 Å². The maximum atomic E-state index is 12.0. The molecule has 0 N–H and O–H groups in total. The summed E-state index contributed by atoms with van der Waals surface area (Å²) in [6.45, 7) is 14.4. The number of carbonyl (C=O) groups excluding carboxylic acids is 2. The molecule has 0 saturated carbocycles. The van der Waals surface area contributed by atoms with Gasteiger partial charge in [-0.1, -0.05) is 20.8 Å². The minimum Gasteiger partial charge on any atom is -0.462 e. The van der Waals surface area contributed by atoms with Gasteiger partial charge in [-0.3, -0.25) is 14.5 Å². The number of rotatable bonds is 10. The Kier molecular flexibility index (Phi) is 10.1. The molecule has 0 amide bonds. The summed E-state index contributed by atoms with van der Waals surface area (Å²) < 4.78 is 10.6. The van der Waals surface area contributed by atoms with Gasteiger partial charge in [0.15, 0.2) is 0 Å². The van der Waals surface area contributed by atoms with E-state index in [2.05, 4.69) is 32.6 Å². The van der Waals surface area contributed by atoms with Gasteiger partial charge >= 0.3 is 11.9 Å². The van der Waals surface area contributed by atoms with Gasteiger partial charge in [0.25, 0.3) is 0 Å². The van der Waals surface area contributed by atoms with Gasteiger partial charge in [0.05, 0.1) is 5.92 Å². The standard InChI is InChI=1S/C17H33NO4/c1-8-13(5)17(20)22-16(11-21-15(7)19)10-18(12(3)4)14(6)9-2/h12-14,16H,8-11H2,1-7H3. The topological polar surface area (TPSA) is 55.8 Å². The predicted molar refractivity (Wildman–Crippen MR) is 87.6 cm³/mol. The first kappa shape index (κ1) is 20.9. The lowest BCUT2D eigenvalue weighted by Crippen LogP contribution is -2.46. The summed E-state index contributed by atoms with van der Waals surface area (Å²) in [6.07, 6.45) is 1.32. The molecule has 0 aromatic carbocycles. The SMILES string of the molecule is CCC(C)C(=O)OC(COC(C)=O)CN(C(C)C)C(C)CC. The van der Waals surface area contributed by atoms with Crippen molar-refractivity contribution in [3.05, 3.63) is 0 Å². The fraction of sp³-hybridized carbons (Fsp3) is 0.882. The summed E-state index contributed by atoms with van der Waals surface area (Å²) in [7, 11) is 0. The first-order chi connectivity index (χ1) is 10.2. The average Bonchev–Trinajstić information content (AvgIpc) is 2.47. The number of carbonyl (C=O) groups is 2. The second-order valence-electron chi connectivity index (χ2n) is 6.22. The third-order valence-electron chi connectivity index (χ3n) is 4.00. The molecule has 0 aromatic heterocycles. The number of ether oxygens (including phenoxy) is 2. The summed E-state index contributed by atoms with van der Waals surface area (Å²) in [4.78, 5) is 25.4. The van der Waals surface area contributed by atoms with Gasteiger partial charge in [-0.2, -0.15) is 0 Å². The van der Waals surface area contributed by atoms with Gasteiger partial charge in [-0.25, -0.2) is 0 Å². The van der Waals surface area contributed by atoms with E-state index in [1.807, 2.05) is 13.8 Å².